The molecule has 0 radical (unpaired) electrons. The second-order valence-electron chi connectivity index (χ2n) is 4.43. The maximum absolute atomic E-state index is 12.2. The fourth-order valence-corrected chi connectivity index (χ4v) is 1.78. The lowest BCUT2D eigenvalue weighted by molar-refractivity contribution is -0.135. The monoisotopic (exact) mass is 243 g/mol. The summed E-state index contributed by atoms with van der Waals surface area (Å²) in [7, 11) is 1.29. The average molecular weight is 243 g/mol. The van der Waals surface area contributed by atoms with Gasteiger partial charge in [-0.15, -0.1) is 0 Å². The molecule has 1 aliphatic rings. The minimum Gasteiger partial charge on any atom is -0.453 e. The number of hydrogen-bond acceptors (Lipinski definition) is 4. The van der Waals surface area contributed by atoms with Crippen LogP contribution in [0.1, 0.15) is 13.8 Å². The van der Waals surface area contributed by atoms with E-state index in [1.54, 1.807) is 4.90 Å². The summed E-state index contributed by atoms with van der Waals surface area (Å²) in [6.45, 7) is 6.78. The predicted octanol–water partition coefficient (Wildman–Crippen LogP) is -0.201. The van der Waals surface area contributed by atoms with E-state index in [-0.39, 0.29) is 11.8 Å². The molecule has 2 N–H and O–H groups in total. The molecular weight excluding hydrogens is 222 g/mol. The Balaban J connectivity index is 2.62. The van der Waals surface area contributed by atoms with Gasteiger partial charge in [-0.3, -0.25) is 4.79 Å². The highest BCUT2D eigenvalue weighted by atomic mass is 16.5. The third-order valence-electron chi connectivity index (χ3n) is 2.82. The normalized spacial score (nSPS) is 17.8. The van der Waals surface area contributed by atoms with Gasteiger partial charge in [0.1, 0.15) is 6.04 Å². The SMILES string of the molecule is COC(=O)NC(C(=O)N1CCNCC1)C(C)C. The molecule has 1 saturated heterocycles. The summed E-state index contributed by atoms with van der Waals surface area (Å²) in [6.07, 6.45) is -0.563. The number of hydrogen-bond donors (Lipinski definition) is 2. The van der Waals surface area contributed by atoms with Gasteiger partial charge in [0.05, 0.1) is 7.11 Å². The van der Waals surface area contributed by atoms with E-state index in [4.69, 9.17) is 0 Å². The molecule has 1 fully saturated rings. The lowest BCUT2D eigenvalue weighted by Crippen LogP contribution is -2.55. The van der Waals surface area contributed by atoms with Gasteiger partial charge >= 0.3 is 6.09 Å². The van der Waals surface area contributed by atoms with Crippen LogP contribution in [0.3, 0.4) is 0 Å². The number of nitrogens with one attached hydrogen (secondary N) is 2. The summed E-state index contributed by atoms with van der Waals surface area (Å²) in [5.41, 5.74) is 0. The van der Waals surface area contributed by atoms with Crippen LogP contribution >= 0.6 is 0 Å². The van der Waals surface area contributed by atoms with Crippen LogP contribution in [-0.4, -0.2) is 56.2 Å². The first-order valence-electron chi connectivity index (χ1n) is 5.90. The number of methoxy groups -OCH3 is 1. The van der Waals surface area contributed by atoms with Crippen molar-refractivity contribution >= 4 is 12.0 Å². The number of piperazine rings is 1. The van der Waals surface area contributed by atoms with Crippen LogP contribution in [-0.2, 0) is 9.53 Å². The van der Waals surface area contributed by atoms with E-state index in [2.05, 4.69) is 15.4 Å². The molecule has 0 aromatic rings. The molecule has 2 amide bonds. The third kappa shape index (κ3) is 3.89. The Hall–Kier alpha value is -1.30. The van der Waals surface area contributed by atoms with Crippen LogP contribution in [0.2, 0.25) is 0 Å². The van der Waals surface area contributed by atoms with E-state index in [0.29, 0.717) is 13.1 Å². The molecule has 1 unspecified atom stereocenters. The van der Waals surface area contributed by atoms with Crippen LogP contribution in [0.25, 0.3) is 0 Å². The van der Waals surface area contributed by atoms with Gasteiger partial charge in [0.2, 0.25) is 5.91 Å². The molecule has 6 nitrogen and oxygen atoms in total. The highest BCUT2D eigenvalue weighted by Crippen LogP contribution is 2.07. The van der Waals surface area contributed by atoms with Gasteiger partial charge in [-0.2, -0.15) is 0 Å². The van der Waals surface area contributed by atoms with Crippen molar-refractivity contribution in [2.24, 2.45) is 5.92 Å². The quantitative estimate of drug-likeness (QED) is 0.720. The van der Waals surface area contributed by atoms with Crippen molar-refractivity contribution in [3.05, 3.63) is 0 Å². The largest absolute Gasteiger partial charge is 0.453 e. The zero-order valence-electron chi connectivity index (χ0n) is 10.7. The molecule has 0 spiro atoms. The maximum Gasteiger partial charge on any atom is 0.407 e. The molecule has 1 heterocycles. The van der Waals surface area contributed by atoms with Gasteiger partial charge in [-0.25, -0.2) is 4.79 Å². The fraction of sp³-hybridized carbons (Fsp3) is 0.818. The molecule has 17 heavy (non-hydrogen) atoms. The van der Waals surface area contributed by atoms with Crippen LogP contribution in [0, 0.1) is 5.92 Å². The number of amides is 2. The summed E-state index contributed by atoms with van der Waals surface area (Å²) in [4.78, 5) is 25.2. The Labute approximate surface area is 102 Å². The van der Waals surface area contributed by atoms with Crippen LogP contribution in [0.15, 0.2) is 0 Å². The molecule has 1 aliphatic heterocycles. The number of ether oxygens (including phenoxy) is 1. The van der Waals surface area contributed by atoms with Gasteiger partial charge in [0, 0.05) is 26.2 Å². The van der Waals surface area contributed by atoms with Crippen molar-refractivity contribution in [3.8, 4) is 0 Å². The van der Waals surface area contributed by atoms with Gasteiger partial charge in [0.25, 0.3) is 0 Å². The first-order valence-corrected chi connectivity index (χ1v) is 5.90. The molecule has 0 saturated carbocycles. The molecule has 1 rings (SSSR count). The minimum atomic E-state index is -0.563. The Morgan fingerprint density at radius 2 is 1.88 bits per heavy atom. The minimum absolute atomic E-state index is 0.0353. The first kappa shape index (κ1) is 13.8. The highest BCUT2D eigenvalue weighted by Gasteiger charge is 2.29. The Morgan fingerprint density at radius 1 is 1.29 bits per heavy atom. The zero-order chi connectivity index (χ0) is 12.8. The molecule has 98 valence electrons. The van der Waals surface area contributed by atoms with E-state index in [1.807, 2.05) is 13.8 Å². The molecule has 0 aromatic carbocycles. The van der Waals surface area contributed by atoms with Crippen molar-refractivity contribution in [1.29, 1.82) is 0 Å². The Morgan fingerprint density at radius 3 is 2.35 bits per heavy atom. The lowest BCUT2D eigenvalue weighted by atomic mass is 10.0. The van der Waals surface area contributed by atoms with E-state index in [1.165, 1.54) is 7.11 Å². The van der Waals surface area contributed by atoms with Crippen molar-refractivity contribution < 1.29 is 14.3 Å². The van der Waals surface area contributed by atoms with Gasteiger partial charge < -0.3 is 20.3 Å². The van der Waals surface area contributed by atoms with Gasteiger partial charge in [-0.1, -0.05) is 13.8 Å². The zero-order valence-corrected chi connectivity index (χ0v) is 10.7. The molecule has 1 atom stereocenters. The molecule has 0 aromatic heterocycles. The van der Waals surface area contributed by atoms with Crippen LogP contribution in [0.4, 0.5) is 4.79 Å². The highest BCUT2D eigenvalue weighted by molar-refractivity contribution is 5.86. The molecule has 0 aliphatic carbocycles. The number of nitrogens with zero attached hydrogens (tertiary/aromatic N) is 1. The van der Waals surface area contributed by atoms with Gasteiger partial charge in [0.15, 0.2) is 0 Å². The number of alkyl carbamates (subject to hydrolysis) is 1. The van der Waals surface area contributed by atoms with Crippen molar-refractivity contribution in [3.63, 3.8) is 0 Å². The van der Waals surface area contributed by atoms with Gasteiger partial charge in [-0.05, 0) is 5.92 Å². The molecule has 0 bridgehead atoms. The van der Waals surface area contributed by atoms with Crippen molar-refractivity contribution in [1.82, 2.24) is 15.5 Å². The van der Waals surface area contributed by atoms with E-state index >= 15 is 0 Å². The van der Waals surface area contributed by atoms with E-state index in [9.17, 15) is 9.59 Å². The van der Waals surface area contributed by atoms with Crippen molar-refractivity contribution in [2.75, 3.05) is 33.3 Å². The van der Waals surface area contributed by atoms with E-state index < -0.39 is 12.1 Å². The predicted molar refractivity (Wildman–Crippen MR) is 63.6 cm³/mol. The average Bonchev–Trinajstić information content (AvgIpc) is 2.35. The number of carbonyl (C=O) groups is 2. The summed E-state index contributed by atoms with van der Waals surface area (Å²) in [5.74, 6) is 0.00313. The van der Waals surface area contributed by atoms with E-state index in [0.717, 1.165) is 13.1 Å². The third-order valence-corrected chi connectivity index (χ3v) is 2.82. The number of rotatable bonds is 3. The maximum atomic E-state index is 12.2. The summed E-state index contributed by atoms with van der Waals surface area (Å²) in [5, 5.41) is 5.77. The van der Waals surface area contributed by atoms with Crippen LogP contribution < -0.4 is 10.6 Å². The summed E-state index contributed by atoms with van der Waals surface area (Å²) >= 11 is 0. The smallest absolute Gasteiger partial charge is 0.407 e. The molecule has 6 heteroatoms. The lowest BCUT2D eigenvalue weighted by Gasteiger charge is -2.32. The van der Waals surface area contributed by atoms with Crippen LogP contribution in [0.5, 0.6) is 0 Å². The Kier molecular flexibility index (Phi) is 5.21. The first-order chi connectivity index (χ1) is 8.06. The second-order valence-corrected chi connectivity index (χ2v) is 4.43. The second kappa shape index (κ2) is 6.44. The molecular formula is C11H21N3O3. The number of carbonyl (C=O) groups excluding carboxylic acids is 2. The fourth-order valence-electron chi connectivity index (χ4n) is 1.78. The Bertz CT molecular complexity index is 275. The summed E-state index contributed by atoms with van der Waals surface area (Å²) in [6, 6.07) is -0.513. The summed E-state index contributed by atoms with van der Waals surface area (Å²) < 4.78 is 4.54. The van der Waals surface area contributed by atoms with Crippen molar-refractivity contribution in [2.45, 2.75) is 19.9 Å². The topological polar surface area (TPSA) is 70.7 Å². The standard InChI is InChI=1S/C11H21N3O3/c1-8(2)9(13-11(16)17-3)10(15)14-6-4-12-5-7-14/h8-9,12H,4-7H2,1-3H3,(H,13,16).